The molecule has 0 amide bonds. The van der Waals surface area contributed by atoms with Crippen LogP contribution in [0.25, 0.3) is 0 Å². The Bertz CT molecular complexity index is 401. The number of rotatable bonds is 5. The van der Waals surface area contributed by atoms with Crippen LogP contribution in [0.3, 0.4) is 0 Å². The van der Waals surface area contributed by atoms with Crippen molar-refractivity contribution in [2.75, 3.05) is 18.6 Å². The van der Waals surface area contributed by atoms with Crippen LogP contribution >= 0.6 is 11.6 Å². The third-order valence-electron chi connectivity index (χ3n) is 2.67. The molecule has 0 fully saturated rings. The molecule has 5 heteroatoms. The van der Waals surface area contributed by atoms with E-state index in [0.717, 1.165) is 0 Å². The molecule has 0 aliphatic heterocycles. The molecule has 0 radical (unpaired) electrons. The fourth-order valence-electron chi connectivity index (χ4n) is 1.31. The Balaban J connectivity index is 2.78. The van der Waals surface area contributed by atoms with Crippen molar-refractivity contribution in [3.63, 3.8) is 0 Å². The first-order chi connectivity index (χ1) is 7.87. The summed E-state index contributed by atoms with van der Waals surface area (Å²) in [5, 5.41) is 0.457. The van der Waals surface area contributed by atoms with E-state index in [2.05, 4.69) is 0 Å². The van der Waals surface area contributed by atoms with Crippen molar-refractivity contribution >= 4 is 28.1 Å². The zero-order chi connectivity index (χ0) is 13.1. The van der Waals surface area contributed by atoms with Gasteiger partial charge in [0.05, 0.1) is 26.3 Å². The lowest BCUT2D eigenvalue weighted by molar-refractivity contribution is 0.0205. The lowest BCUT2D eigenvalue weighted by atomic mass is 10.1. The molecular formula is C12H18ClNO2S. The van der Waals surface area contributed by atoms with E-state index in [1.165, 1.54) is 0 Å². The second-order valence-corrected chi connectivity index (χ2v) is 6.34. The first-order valence-electron chi connectivity index (χ1n) is 5.35. The zero-order valence-corrected chi connectivity index (χ0v) is 11.9. The molecule has 0 aliphatic carbocycles. The maximum atomic E-state index is 12.1. The van der Waals surface area contributed by atoms with Gasteiger partial charge in [-0.1, -0.05) is 17.7 Å². The highest BCUT2D eigenvalue weighted by Gasteiger charge is 2.20. The monoisotopic (exact) mass is 275 g/mol. The van der Waals surface area contributed by atoms with Gasteiger partial charge in [0.2, 0.25) is 0 Å². The SMILES string of the molecule is COC(C)(C)CCS(=O)c1c(N)cccc1Cl. The van der Waals surface area contributed by atoms with E-state index in [1.54, 1.807) is 25.3 Å². The Kier molecular flexibility index (Phi) is 4.98. The second kappa shape index (κ2) is 5.85. The Morgan fingerprint density at radius 2 is 2.12 bits per heavy atom. The number of methoxy groups -OCH3 is 1. The van der Waals surface area contributed by atoms with Crippen LogP contribution in [0.15, 0.2) is 23.1 Å². The first kappa shape index (κ1) is 14.5. The van der Waals surface area contributed by atoms with E-state index in [0.29, 0.717) is 27.8 Å². The molecule has 0 aliphatic rings. The van der Waals surface area contributed by atoms with Crippen LogP contribution in [0.2, 0.25) is 5.02 Å². The second-order valence-electron chi connectivity index (χ2n) is 4.42. The number of hydrogen-bond donors (Lipinski definition) is 1. The largest absolute Gasteiger partial charge is 0.398 e. The molecule has 0 saturated carbocycles. The molecule has 0 aromatic heterocycles. The summed E-state index contributed by atoms with van der Waals surface area (Å²) in [7, 11) is 0.454. The Morgan fingerprint density at radius 1 is 1.47 bits per heavy atom. The number of anilines is 1. The highest BCUT2D eigenvalue weighted by molar-refractivity contribution is 7.85. The molecule has 0 saturated heterocycles. The van der Waals surface area contributed by atoms with Crippen molar-refractivity contribution in [3.8, 4) is 0 Å². The molecule has 17 heavy (non-hydrogen) atoms. The summed E-state index contributed by atoms with van der Waals surface area (Å²) in [5.41, 5.74) is 5.98. The number of ether oxygens (including phenoxy) is 1. The van der Waals surface area contributed by atoms with E-state index in [4.69, 9.17) is 22.1 Å². The molecular weight excluding hydrogens is 258 g/mol. The minimum atomic E-state index is -1.19. The van der Waals surface area contributed by atoms with Crippen LogP contribution in [0.5, 0.6) is 0 Å². The standard InChI is InChI=1S/C12H18ClNO2S/c1-12(2,16-3)7-8-17(15)11-9(13)5-4-6-10(11)14/h4-6H,7-8,14H2,1-3H3. The fraction of sp³-hybridized carbons (Fsp3) is 0.500. The lowest BCUT2D eigenvalue weighted by Crippen LogP contribution is -2.25. The van der Waals surface area contributed by atoms with E-state index in [9.17, 15) is 4.21 Å². The maximum absolute atomic E-state index is 12.1. The minimum absolute atomic E-state index is 0.286. The Hall–Kier alpha value is -0.580. The number of benzene rings is 1. The number of halogens is 1. The van der Waals surface area contributed by atoms with Gasteiger partial charge in [-0.15, -0.1) is 0 Å². The zero-order valence-electron chi connectivity index (χ0n) is 10.3. The Morgan fingerprint density at radius 3 is 2.65 bits per heavy atom. The topological polar surface area (TPSA) is 52.3 Å². The van der Waals surface area contributed by atoms with Gasteiger partial charge < -0.3 is 10.5 Å². The summed E-state index contributed by atoms with van der Waals surface area (Å²) in [6.45, 7) is 3.92. The normalized spacial score (nSPS) is 13.6. The van der Waals surface area contributed by atoms with Crippen molar-refractivity contribution in [2.45, 2.75) is 30.8 Å². The van der Waals surface area contributed by atoms with Gasteiger partial charge in [-0.05, 0) is 32.4 Å². The number of hydrogen-bond acceptors (Lipinski definition) is 3. The van der Waals surface area contributed by atoms with E-state index >= 15 is 0 Å². The third-order valence-corrected chi connectivity index (χ3v) is 4.58. The van der Waals surface area contributed by atoms with Gasteiger partial charge in [-0.2, -0.15) is 0 Å². The summed E-state index contributed by atoms with van der Waals surface area (Å²) < 4.78 is 17.4. The average Bonchev–Trinajstić information content (AvgIpc) is 2.26. The lowest BCUT2D eigenvalue weighted by Gasteiger charge is -2.22. The summed E-state index contributed by atoms with van der Waals surface area (Å²) in [6.07, 6.45) is 0.681. The first-order valence-corrected chi connectivity index (χ1v) is 7.04. The van der Waals surface area contributed by atoms with E-state index in [1.807, 2.05) is 13.8 Å². The molecule has 2 N–H and O–H groups in total. The molecule has 0 bridgehead atoms. The van der Waals surface area contributed by atoms with Crippen LogP contribution in [0, 0.1) is 0 Å². The van der Waals surface area contributed by atoms with Crippen molar-refractivity contribution in [3.05, 3.63) is 23.2 Å². The molecule has 1 unspecified atom stereocenters. The molecule has 3 nitrogen and oxygen atoms in total. The van der Waals surface area contributed by atoms with Gasteiger partial charge in [0, 0.05) is 18.6 Å². The van der Waals surface area contributed by atoms with Gasteiger partial charge in [0.1, 0.15) is 0 Å². The highest BCUT2D eigenvalue weighted by Crippen LogP contribution is 2.27. The van der Waals surface area contributed by atoms with Crippen LogP contribution in [-0.4, -0.2) is 22.7 Å². The molecule has 1 atom stereocenters. The summed E-state index contributed by atoms with van der Waals surface area (Å²) in [4.78, 5) is 0.529. The fourth-order valence-corrected chi connectivity index (χ4v) is 3.25. The molecule has 1 aromatic carbocycles. The van der Waals surface area contributed by atoms with Crippen molar-refractivity contribution in [1.29, 1.82) is 0 Å². The summed E-state index contributed by atoms with van der Waals surface area (Å²) in [5.74, 6) is 0.481. The van der Waals surface area contributed by atoms with Crippen molar-refractivity contribution in [1.82, 2.24) is 0 Å². The smallest absolute Gasteiger partial charge is 0.0803 e. The summed E-state index contributed by atoms with van der Waals surface area (Å²) in [6, 6.07) is 5.16. The van der Waals surface area contributed by atoms with Gasteiger partial charge in [0.25, 0.3) is 0 Å². The predicted octanol–water partition coefficient (Wildman–Crippen LogP) is 2.84. The molecule has 1 aromatic rings. The van der Waals surface area contributed by atoms with Crippen LogP contribution in [-0.2, 0) is 15.5 Å². The van der Waals surface area contributed by atoms with Gasteiger partial charge in [-0.25, -0.2) is 0 Å². The third kappa shape index (κ3) is 3.98. The quantitative estimate of drug-likeness (QED) is 0.841. The molecule has 96 valence electrons. The predicted molar refractivity (Wildman–Crippen MR) is 72.8 cm³/mol. The van der Waals surface area contributed by atoms with Gasteiger partial charge >= 0.3 is 0 Å². The van der Waals surface area contributed by atoms with Gasteiger partial charge in [-0.3, -0.25) is 4.21 Å². The van der Waals surface area contributed by atoms with Crippen LogP contribution in [0.4, 0.5) is 5.69 Å². The minimum Gasteiger partial charge on any atom is -0.398 e. The molecule has 0 heterocycles. The maximum Gasteiger partial charge on any atom is 0.0803 e. The Labute approximate surface area is 110 Å². The molecule has 0 spiro atoms. The van der Waals surface area contributed by atoms with Crippen LogP contribution in [0.1, 0.15) is 20.3 Å². The van der Waals surface area contributed by atoms with Gasteiger partial charge in [0.15, 0.2) is 0 Å². The van der Waals surface area contributed by atoms with E-state index < -0.39 is 10.8 Å². The number of nitrogen functional groups attached to an aromatic ring is 1. The van der Waals surface area contributed by atoms with E-state index in [-0.39, 0.29) is 5.60 Å². The average molecular weight is 276 g/mol. The number of nitrogens with two attached hydrogens (primary N) is 1. The highest BCUT2D eigenvalue weighted by atomic mass is 35.5. The molecule has 1 rings (SSSR count). The summed E-state index contributed by atoms with van der Waals surface area (Å²) >= 11 is 6.00. The van der Waals surface area contributed by atoms with Crippen LogP contribution < -0.4 is 5.73 Å². The van der Waals surface area contributed by atoms with Crippen molar-refractivity contribution < 1.29 is 8.95 Å². The van der Waals surface area contributed by atoms with Crippen molar-refractivity contribution in [2.24, 2.45) is 0 Å².